The van der Waals surface area contributed by atoms with E-state index in [1.165, 1.54) is 38.8 Å². The summed E-state index contributed by atoms with van der Waals surface area (Å²) in [5, 5.41) is 2.95. The summed E-state index contributed by atoms with van der Waals surface area (Å²) in [5.41, 5.74) is 5.33. The van der Waals surface area contributed by atoms with Crippen LogP contribution in [0.4, 0.5) is 0 Å². The molecular weight excluding hydrogens is 214 g/mol. The SMILES string of the molecule is CCC(CC)C(CNC(=O)CN)N1CCCC1. The first-order valence-corrected chi connectivity index (χ1v) is 6.93. The van der Waals surface area contributed by atoms with Gasteiger partial charge in [0, 0.05) is 12.6 Å². The zero-order chi connectivity index (χ0) is 12.7. The second-order valence-corrected chi connectivity index (χ2v) is 4.90. The van der Waals surface area contributed by atoms with E-state index >= 15 is 0 Å². The summed E-state index contributed by atoms with van der Waals surface area (Å²) in [4.78, 5) is 13.8. The fourth-order valence-corrected chi connectivity index (χ4v) is 2.79. The molecule has 100 valence electrons. The number of hydrogen-bond acceptors (Lipinski definition) is 3. The number of hydrogen-bond donors (Lipinski definition) is 2. The van der Waals surface area contributed by atoms with E-state index in [0.29, 0.717) is 12.0 Å². The van der Waals surface area contributed by atoms with Crippen LogP contribution in [0.5, 0.6) is 0 Å². The smallest absolute Gasteiger partial charge is 0.233 e. The van der Waals surface area contributed by atoms with Gasteiger partial charge in [0.1, 0.15) is 0 Å². The van der Waals surface area contributed by atoms with Crippen LogP contribution in [0.15, 0.2) is 0 Å². The lowest BCUT2D eigenvalue weighted by Crippen LogP contribution is -2.47. The molecule has 1 saturated heterocycles. The highest BCUT2D eigenvalue weighted by Gasteiger charge is 2.27. The molecule has 1 fully saturated rings. The van der Waals surface area contributed by atoms with Gasteiger partial charge in [-0.25, -0.2) is 0 Å². The highest BCUT2D eigenvalue weighted by molar-refractivity contribution is 5.77. The van der Waals surface area contributed by atoms with Crippen molar-refractivity contribution in [2.24, 2.45) is 11.7 Å². The number of amides is 1. The Bertz CT molecular complexity index is 221. The predicted octanol–water partition coefficient (Wildman–Crippen LogP) is 0.962. The monoisotopic (exact) mass is 241 g/mol. The number of likely N-dealkylation sites (tertiary alicyclic amines) is 1. The van der Waals surface area contributed by atoms with Crippen LogP contribution >= 0.6 is 0 Å². The number of nitrogens with two attached hydrogens (primary N) is 1. The molecule has 3 N–H and O–H groups in total. The van der Waals surface area contributed by atoms with Gasteiger partial charge in [0.2, 0.25) is 5.91 Å². The minimum Gasteiger partial charge on any atom is -0.353 e. The van der Waals surface area contributed by atoms with Crippen LogP contribution in [-0.4, -0.2) is 43.0 Å². The fourth-order valence-electron chi connectivity index (χ4n) is 2.79. The molecule has 1 aliphatic rings. The summed E-state index contributed by atoms with van der Waals surface area (Å²) in [5.74, 6) is 0.631. The second-order valence-electron chi connectivity index (χ2n) is 4.90. The molecule has 17 heavy (non-hydrogen) atoms. The molecule has 0 spiro atoms. The van der Waals surface area contributed by atoms with Crippen LogP contribution in [0.2, 0.25) is 0 Å². The first-order chi connectivity index (χ1) is 8.22. The Morgan fingerprint density at radius 3 is 2.35 bits per heavy atom. The van der Waals surface area contributed by atoms with Crippen molar-refractivity contribution in [1.29, 1.82) is 0 Å². The summed E-state index contributed by atoms with van der Waals surface area (Å²) >= 11 is 0. The van der Waals surface area contributed by atoms with Crippen LogP contribution in [0.25, 0.3) is 0 Å². The second kappa shape index (κ2) is 7.67. The van der Waals surface area contributed by atoms with Crippen LogP contribution in [0.3, 0.4) is 0 Å². The van der Waals surface area contributed by atoms with Gasteiger partial charge in [-0.2, -0.15) is 0 Å². The highest BCUT2D eigenvalue weighted by Crippen LogP contribution is 2.22. The van der Waals surface area contributed by atoms with Crippen molar-refractivity contribution in [3.63, 3.8) is 0 Å². The van der Waals surface area contributed by atoms with E-state index in [-0.39, 0.29) is 12.5 Å². The first kappa shape index (κ1) is 14.5. The van der Waals surface area contributed by atoms with Gasteiger partial charge >= 0.3 is 0 Å². The molecular formula is C13H27N3O. The maximum Gasteiger partial charge on any atom is 0.233 e. The predicted molar refractivity (Wildman–Crippen MR) is 70.7 cm³/mol. The van der Waals surface area contributed by atoms with E-state index in [1.807, 2.05) is 0 Å². The van der Waals surface area contributed by atoms with E-state index in [9.17, 15) is 4.79 Å². The van der Waals surface area contributed by atoms with Crippen molar-refractivity contribution in [1.82, 2.24) is 10.2 Å². The topological polar surface area (TPSA) is 58.4 Å². The van der Waals surface area contributed by atoms with Crippen LogP contribution in [0, 0.1) is 5.92 Å². The first-order valence-electron chi connectivity index (χ1n) is 6.93. The van der Waals surface area contributed by atoms with E-state index in [0.717, 1.165) is 6.54 Å². The Labute approximate surface area is 105 Å². The van der Waals surface area contributed by atoms with Gasteiger partial charge in [0.05, 0.1) is 6.54 Å². The van der Waals surface area contributed by atoms with Gasteiger partial charge in [-0.15, -0.1) is 0 Å². The summed E-state index contributed by atoms with van der Waals surface area (Å²) in [6.45, 7) is 7.68. The van der Waals surface area contributed by atoms with Crippen LogP contribution in [-0.2, 0) is 4.79 Å². The normalized spacial score (nSPS) is 18.6. The minimum absolute atomic E-state index is 0.0415. The maximum atomic E-state index is 11.3. The van der Waals surface area contributed by atoms with Crippen molar-refractivity contribution >= 4 is 5.91 Å². The molecule has 0 aromatic rings. The molecule has 0 saturated carbocycles. The number of nitrogens with zero attached hydrogens (tertiary/aromatic N) is 1. The van der Waals surface area contributed by atoms with E-state index in [4.69, 9.17) is 5.73 Å². The van der Waals surface area contributed by atoms with Gasteiger partial charge in [-0.05, 0) is 31.8 Å². The quantitative estimate of drug-likeness (QED) is 0.698. The zero-order valence-corrected chi connectivity index (χ0v) is 11.2. The lowest BCUT2D eigenvalue weighted by atomic mass is 9.93. The van der Waals surface area contributed by atoms with Crippen molar-refractivity contribution in [2.75, 3.05) is 26.2 Å². The Kier molecular flexibility index (Phi) is 6.52. The van der Waals surface area contributed by atoms with Gasteiger partial charge in [-0.3, -0.25) is 9.69 Å². The Hall–Kier alpha value is -0.610. The van der Waals surface area contributed by atoms with Crippen molar-refractivity contribution in [3.05, 3.63) is 0 Å². The minimum atomic E-state index is -0.0415. The third kappa shape index (κ3) is 4.28. The number of carbonyl (C=O) groups excluding carboxylic acids is 1. The number of rotatable bonds is 7. The van der Waals surface area contributed by atoms with Gasteiger partial charge in [0.25, 0.3) is 0 Å². The summed E-state index contributed by atoms with van der Waals surface area (Å²) < 4.78 is 0. The Morgan fingerprint density at radius 1 is 1.29 bits per heavy atom. The van der Waals surface area contributed by atoms with Crippen molar-refractivity contribution in [3.8, 4) is 0 Å². The molecule has 1 atom stereocenters. The van der Waals surface area contributed by atoms with Crippen molar-refractivity contribution in [2.45, 2.75) is 45.6 Å². The molecule has 0 radical (unpaired) electrons. The molecule has 0 aliphatic carbocycles. The third-order valence-corrected chi connectivity index (χ3v) is 3.90. The Morgan fingerprint density at radius 2 is 1.88 bits per heavy atom. The summed E-state index contributed by atoms with van der Waals surface area (Å²) in [6.07, 6.45) is 4.94. The average molecular weight is 241 g/mol. The van der Waals surface area contributed by atoms with Crippen molar-refractivity contribution < 1.29 is 4.79 Å². The van der Waals surface area contributed by atoms with E-state index in [1.54, 1.807) is 0 Å². The molecule has 0 aromatic heterocycles. The average Bonchev–Trinajstić information content (AvgIpc) is 2.87. The van der Waals surface area contributed by atoms with Crippen LogP contribution < -0.4 is 11.1 Å². The highest BCUT2D eigenvalue weighted by atomic mass is 16.1. The zero-order valence-electron chi connectivity index (χ0n) is 11.2. The Balaban J connectivity index is 2.54. The third-order valence-electron chi connectivity index (χ3n) is 3.90. The summed E-state index contributed by atoms with van der Waals surface area (Å²) in [7, 11) is 0. The van der Waals surface area contributed by atoms with Gasteiger partial charge < -0.3 is 11.1 Å². The van der Waals surface area contributed by atoms with E-state index in [2.05, 4.69) is 24.1 Å². The molecule has 0 bridgehead atoms. The molecule has 1 amide bonds. The maximum absolute atomic E-state index is 11.3. The summed E-state index contributed by atoms with van der Waals surface area (Å²) in [6, 6.07) is 0.489. The standard InChI is InChI=1S/C13H27N3O/c1-3-11(4-2)12(10-15-13(17)9-14)16-7-5-6-8-16/h11-12H,3-10,14H2,1-2H3,(H,15,17). The largest absolute Gasteiger partial charge is 0.353 e. The molecule has 0 aromatic carbocycles. The molecule has 4 nitrogen and oxygen atoms in total. The lowest BCUT2D eigenvalue weighted by molar-refractivity contribution is -0.120. The number of nitrogens with one attached hydrogen (secondary N) is 1. The molecule has 1 heterocycles. The molecule has 1 rings (SSSR count). The lowest BCUT2D eigenvalue weighted by Gasteiger charge is -2.33. The number of carbonyl (C=O) groups is 1. The molecule has 1 unspecified atom stereocenters. The van der Waals surface area contributed by atoms with Gasteiger partial charge in [0.15, 0.2) is 0 Å². The molecule has 1 aliphatic heterocycles. The van der Waals surface area contributed by atoms with Gasteiger partial charge in [-0.1, -0.05) is 26.7 Å². The fraction of sp³-hybridized carbons (Fsp3) is 0.923. The van der Waals surface area contributed by atoms with Crippen LogP contribution in [0.1, 0.15) is 39.5 Å². The van der Waals surface area contributed by atoms with E-state index < -0.39 is 0 Å². The molecule has 4 heteroatoms.